The molecular weight excluding hydrogens is 358 g/mol. The van der Waals surface area contributed by atoms with Crippen LogP contribution in [0.25, 0.3) is 0 Å². The fraction of sp³-hybridized carbons (Fsp3) is 0.611. The van der Waals surface area contributed by atoms with Crippen molar-refractivity contribution in [3.63, 3.8) is 0 Å². The Labute approximate surface area is 144 Å². The van der Waals surface area contributed by atoms with E-state index in [-0.39, 0.29) is 29.6 Å². The zero-order valence-electron chi connectivity index (χ0n) is 12.9. The normalized spacial score (nSPS) is 40.0. The molecule has 4 rings (SSSR count). The smallest absolute Gasteiger partial charge is 0.226 e. The van der Waals surface area contributed by atoms with E-state index in [2.05, 4.69) is 15.9 Å². The minimum atomic E-state index is -0.813. The number of carbonyl (C=O) groups is 1. The molecule has 2 aliphatic heterocycles. The predicted octanol–water partition coefficient (Wildman–Crippen LogP) is 2.14. The van der Waals surface area contributed by atoms with E-state index < -0.39 is 12.2 Å². The van der Waals surface area contributed by atoms with Crippen molar-refractivity contribution in [3.05, 3.63) is 34.3 Å². The fourth-order valence-corrected chi connectivity index (χ4v) is 5.31. The number of aliphatic hydroxyl groups excluding tert-OH is 2. The molecule has 2 bridgehead atoms. The molecule has 1 aliphatic carbocycles. The van der Waals surface area contributed by atoms with Gasteiger partial charge in [-0.1, -0.05) is 28.1 Å². The van der Waals surface area contributed by atoms with Crippen LogP contribution in [0.3, 0.4) is 0 Å². The van der Waals surface area contributed by atoms with E-state index in [4.69, 9.17) is 0 Å². The number of hydrogen-bond donors (Lipinski definition) is 2. The molecule has 5 heteroatoms. The van der Waals surface area contributed by atoms with Gasteiger partial charge in [0, 0.05) is 29.4 Å². The van der Waals surface area contributed by atoms with E-state index in [1.54, 1.807) is 0 Å². The van der Waals surface area contributed by atoms with Gasteiger partial charge in [0.05, 0.1) is 12.2 Å². The number of halogens is 1. The lowest BCUT2D eigenvalue weighted by Crippen LogP contribution is -2.58. The van der Waals surface area contributed by atoms with Crippen LogP contribution in [-0.4, -0.2) is 46.3 Å². The van der Waals surface area contributed by atoms with Crippen LogP contribution in [0.2, 0.25) is 0 Å². The first-order chi connectivity index (χ1) is 11.1. The molecule has 3 fully saturated rings. The molecule has 23 heavy (non-hydrogen) atoms. The van der Waals surface area contributed by atoms with E-state index in [0.717, 1.165) is 42.4 Å². The summed E-state index contributed by atoms with van der Waals surface area (Å²) in [4.78, 5) is 14.8. The molecule has 2 heterocycles. The van der Waals surface area contributed by atoms with E-state index in [1.165, 1.54) is 0 Å². The SMILES string of the molecule is O=C1[C@@H]2[C@@H]3CCCN1CC[C@@H]2[C@@H](c1ccc(Br)cc1)[C@H](O)[C@@H]3O. The predicted molar refractivity (Wildman–Crippen MR) is 89.8 cm³/mol. The summed E-state index contributed by atoms with van der Waals surface area (Å²) in [6, 6.07) is 7.92. The number of amides is 1. The average Bonchev–Trinajstić information content (AvgIpc) is 2.65. The van der Waals surface area contributed by atoms with Gasteiger partial charge < -0.3 is 15.1 Å². The Morgan fingerprint density at radius 2 is 1.70 bits per heavy atom. The highest BCUT2D eigenvalue weighted by Crippen LogP contribution is 2.51. The second kappa shape index (κ2) is 5.87. The Kier molecular flexibility index (Phi) is 3.98. The summed E-state index contributed by atoms with van der Waals surface area (Å²) in [7, 11) is 0. The molecular formula is C18H22BrNO3. The first-order valence-electron chi connectivity index (χ1n) is 8.48. The summed E-state index contributed by atoms with van der Waals surface area (Å²) in [5.74, 6) is -0.0837. The van der Waals surface area contributed by atoms with Crippen LogP contribution < -0.4 is 0 Å². The molecule has 2 N–H and O–H groups in total. The van der Waals surface area contributed by atoms with Gasteiger partial charge in [-0.05, 0) is 48.8 Å². The van der Waals surface area contributed by atoms with Gasteiger partial charge >= 0.3 is 0 Å². The molecule has 6 atom stereocenters. The maximum Gasteiger partial charge on any atom is 0.226 e. The van der Waals surface area contributed by atoms with Crippen molar-refractivity contribution >= 4 is 21.8 Å². The lowest BCUT2D eigenvalue weighted by molar-refractivity contribution is -0.159. The zero-order valence-corrected chi connectivity index (χ0v) is 14.5. The second-order valence-corrected chi connectivity index (χ2v) is 8.08. The number of carbonyl (C=O) groups excluding carboxylic acids is 1. The third-order valence-corrected chi connectivity index (χ3v) is 6.62. The Hall–Kier alpha value is -0.910. The molecule has 4 nitrogen and oxygen atoms in total. The van der Waals surface area contributed by atoms with Crippen LogP contribution in [0, 0.1) is 17.8 Å². The van der Waals surface area contributed by atoms with Gasteiger partial charge in [-0.15, -0.1) is 0 Å². The Balaban J connectivity index is 1.76. The summed E-state index contributed by atoms with van der Waals surface area (Å²) in [6.07, 6.45) is 1.06. The van der Waals surface area contributed by atoms with Gasteiger partial charge in [0.15, 0.2) is 0 Å². The highest BCUT2D eigenvalue weighted by atomic mass is 79.9. The van der Waals surface area contributed by atoms with Crippen LogP contribution in [0.5, 0.6) is 0 Å². The monoisotopic (exact) mass is 379 g/mol. The minimum Gasteiger partial charge on any atom is -0.390 e. The van der Waals surface area contributed by atoms with Crippen molar-refractivity contribution in [1.82, 2.24) is 4.90 Å². The van der Waals surface area contributed by atoms with Crippen LogP contribution in [0.4, 0.5) is 0 Å². The van der Waals surface area contributed by atoms with Gasteiger partial charge in [0.25, 0.3) is 0 Å². The van der Waals surface area contributed by atoms with Crippen molar-refractivity contribution < 1.29 is 15.0 Å². The maximum absolute atomic E-state index is 12.9. The number of nitrogens with zero attached hydrogens (tertiary/aromatic N) is 1. The Morgan fingerprint density at radius 3 is 2.43 bits per heavy atom. The van der Waals surface area contributed by atoms with Crippen molar-refractivity contribution in [2.24, 2.45) is 17.8 Å². The molecule has 0 spiro atoms. The van der Waals surface area contributed by atoms with Crippen LogP contribution in [0.15, 0.2) is 28.7 Å². The average molecular weight is 380 g/mol. The van der Waals surface area contributed by atoms with Crippen LogP contribution in [-0.2, 0) is 4.79 Å². The van der Waals surface area contributed by atoms with E-state index in [0.29, 0.717) is 0 Å². The van der Waals surface area contributed by atoms with Crippen molar-refractivity contribution in [1.29, 1.82) is 0 Å². The summed E-state index contributed by atoms with van der Waals surface area (Å²) >= 11 is 3.44. The van der Waals surface area contributed by atoms with Gasteiger partial charge in [0.2, 0.25) is 5.91 Å². The number of aliphatic hydroxyl groups is 2. The molecule has 1 saturated carbocycles. The van der Waals surface area contributed by atoms with Crippen LogP contribution in [0.1, 0.15) is 30.7 Å². The first-order valence-corrected chi connectivity index (χ1v) is 9.27. The molecule has 1 amide bonds. The first kappa shape index (κ1) is 15.6. The minimum absolute atomic E-state index is 0.0977. The summed E-state index contributed by atoms with van der Waals surface area (Å²) in [6.45, 7) is 1.58. The Bertz CT molecular complexity index is 605. The van der Waals surface area contributed by atoms with Crippen LogP contribution >= 0.6 is 15.9 Å². The molecule has 3 aliphatic rings. The summed E-state index contributed by atoms with van der Waals surface area (Å²) in [5.41, 5.74) is 1.02. The molecule has 2 saturated heterocycles. The topological polar surface area (TPSA) is 60.8 Å². The van der Waals surface area contributed by atoms with E-state index in [1.807, 2.05) is 29.2 Å². The molecule has 124 valence electrons. The highest BCUT2D eigenvalue weighted by molar-refractivity contribution is 9.10. The summed E-state index contributed by atoms with van der Waals surface area (Å²) in [5, 5.41) is 21.5. The molecule has 0 aromatic heterocycles. The molecule has 0 unspecified atom stereocenters. The number of rotatable bonds is 1. The molecule has 0 radical (unpaired) electrons. The summed E-state index contributed by atoms with van der Waals surface area (Å²) < 4.78 is 0.991. The number of piperidine rings is 1. The van der Waals surface area contributed by atoms with Crippen molar-refractivity contribution in [3.8, 4) is 0 Å². The second-order valence-electron chi connectivity index (χ2n) is 7.17. The Morgan fingerprint density at radius 1 is 0.957 bits per heavy atom. The lowest BCUT2D eigenvalue weighted by atomic mass is 9.59. The van der Waals surface area contributed by atoms with Gasteiger partial charge in [-0.2, -0.15) is 0 Å². The zero-order chi connectivity index (χ0) is 16.1. The van der Waals surface area contributed by atoms with Gasteiger partial charge in [0.1, 0.15) is 0 Å². The van der Waals surface area contributed by atoms with Crippen molar-refractivity contribution in [2.75, 3.05) is 13.1 Å². The van der Waals surface area contributed by atoms with E-state index in [9.17, 15) is 15.0 Å². The number of hydrogen-bond acceptors (Lipinski definition) is 3. The van der Waals surface area contributed by atoms with Gasteiger partial charge in [-0.25, -0.2) is 0 Å². The van der Waals surface area contributed by atoms with Crippen molar-refractivity contribution in [2.45, 2.75) is 37.4 Å². The van der Waals surface area contributed by atoms with Gasteiger partial charge in [-0.3, -0.25) is 4.79 Å². The number of fused-ring (bicyclic) bond motifs is 1. The quantitative estimate of drug-likeness (QED) is 0.785. The largest absolute Gasteiger partial charge is 0.390 e. The third kappa shape index (κ3) is 2.44. The molecule has 1 aromatic carbocycles. The highest BCUT2D eigenvalue weighted by Gasteiger charge is 2.55. The van der Waals surface area contributed by atoms with E-state index >= 15 is 0 Å². The number of benzene rings is 1. The standard InChI is InChI=1S/C18H22BrNO3/c19-11-5-3-10(4-6-11)14-12-7-9-20-8-1-2-13(15(12)18(20)23)16(21)17(14)22/h3-6,12-17,21-22H,1-2,7-9H2/t12-,13+,14-,15+,16-,17+/m1/s1. The lowest BCUT2D eigenvalue weighted by Gasteiger charge is -2.50. The maximum atomic E-state index is 12.9. The molecule has 1 aromatic rings. The fourth-order valence-electron chi connectivity index (χ4n) is 5.04. The third-order valence-electron chi connectivity index (χ3n) is 6.09.